The van der Waals surface area contributed by atoms with Crippen molar-refractivity contribution in [1.29, 1.82) is 0 Å². The Hall–Kier alpha value is -2.27. The standard InChI is InChI=1S/C25H30N4S/c1-6-18-15-30-24-27-22(20-9-7-8-12-26-20)23(29(18)24)17-10-11-21-19(13-17)16(2)14-25(3,4)28(21)5/h7-14,18,22-23H,6,15H2,1-5H3. The van der Waals surface area contributed by atoms with Crippen LogP contribution in [0.25, 0.3) is 5.57 Å². The van der Waals surface area contributed by atoms with Gasteiger partial charge in [-0.05, 0) is 62.6 Å². The highest BCUT2D eigenvalue weighted by Crippen LogP contribution is 2.50. The first-order chi connectivity index (χ1) is 14.4. The zero-order valence-electron chi connectivity index (χ0n) is 18.5. The van der Waals surface area contributed by atoms with Gasteiger partial charge in [0, 0.05) is 36.3 Å². The van der Waals surface area contributed by atoms with Crippen LogP contribution in [0.2, 0.25) is 0 Å². The van der Waals surface area contributed by atoms with Crippen molar-refractivity contribution in [1.82, 2.24) is 9.88 Å². The van der Waals surface area contributed by atoms with Gasteiger partial charge in [0.1, 0.15) is 6.04 Å². The number of pyridine rings is 1. The van der Waals surface area contributed by atoms with Gasteiger partial charge in [-0.15, -0.1) is 0 Å². The van der Waals surface area contributed by atoms with Crippen LogP contribution < -0.4 is 4.90 Å². The van der Waals surface area contributed by atoms with E-state index >= 15 is 0 Å². The van der Waals surface area contributed by atoms with E-state index in [-0.39, 0.29) is 17.6 Å². The third kappa shape index (κ3) is 2.97. The van der Waals surface area contributed by atoms with E-state index in [0.29, 0.717) is 6.04 Å². The van der Waals surface area contributed by atoms with Gasteiger partial charge in [-0.25, -0.2) is 0 Å². The highest BCUT2D eigenvalue weighted by Gasteiger charge is 2.45. The number of allylic oxidation sites excluding steroid dienone is 1. The summed E-state index contributed by atoms with van der Waals surface area (Å²) in [5, 5.41) is 1.19. The summed E-state index contributed by atoms with van der Waals surface area (Å²) in [7, 11) is 2.19. The van der Waals surface area contributed by atoms with E-state index in [4.69, 9.17) is 4.99 Å². The number of aromatic nitrogens is 1. The molecule has 0 bridgehead atoms. The molecule has 4 heterocycles. The second kappa shape index (κ2) is 7.16. The lowest BCUT2D eigenvalue weighted by Gasteiger charge is -2.41. The van der Waals surface area contributed by atoms with Crippen LogP contribution in [-0.4, -0.2) is 39.4 Å². The molecule has 2 aromatic rings. The molecule has 3 atom stereocenters. The van der Waals surface area contributed by atoms with Crippen molar-refractivity contribution in [3.63, 3.8) is 0 Å². The Morgan fingerprint density at radius 1 is 1.20 bits per heavy atom. The Morgan fingerprint density at radius 2 is 2.03 bits per heavy atom. The molecule has 5 rings (SSSR count). The smallest absolute Gasteiger partial charge is 0.160 e. The van der Waals surface area contributed by atoms with Crippen LogP contribution in [0.5, 0.6) is 0 Å². The Bertz CT molecular complexity index is 1030. The van der Waals surface area contributed by atoms with Crippen LogP contribution in [0, 0.1) is 0 Å². The maximum atomic E-state index is 5.16. The summed E-state index contributed by atoms with van der Waals surface area (Å²) < 4.78 is 0. The molecule has 30 heavy (non-hydrogen) atoms. The van der Waals surface area contributed by atoms with Gasteiger partial charge in [0.05, 0.1) is 17.3 Å². The molecular weight excluding hydrogens is 388 g/mol. The number of benzene rings is 1. The highest BCUT2D eigenvalue weighted by molar-refractivity contribution is 8.14. The molecule has 156 valence electrons. The van der Waals surface area contributed by atoms with Crippen molar-refractivity contribution >= 4 is 28.2 Å². The number of nitrogens with zero attached hydrogens (tertiary/aromatic N) is 4. The summed E-state index contributed by atoms with van der Waals surface area (Å²) in [6, 6.07) is 14.0. The molecule has 0 amide bonds. The number of fused-ring (bicyclic) bond motifs is 2. The van der Waals surface area contributed by atoms with E-state index in [1.807, 2.05) is 24.0 Å². The van der Waals surface area contributed by atoms with Gasteiger partial charge in [-0.1, -0.05) is 36.9 Å². The fraction of sp³-hybridized carbons (Fsp3) is 0.440. The lowest BCUT2D eigenvalue weighted by atomic mass is 9.86. The van der Waals surface area contributed by atoms with Crippen molar-refractivity contribution in [3.8, 4) is 0 Å². The molecule has 1 aromatic heterocycles. The predicted molar refractivity (Wildman–Crippen MR) is 128 cm³/mol. The number of aliphatic imine (C=N–C) groups is 1. The van der Waals surface area contributed by atoms with Gasteiger partial charge >= 0.3 is 0 Å². The fourth-order valence-electron chi connectivity index (χ4n) is 5.07. The zero-order valence-corrected chi connectivity index (χ0v) is 19.3. The molecule has 3 aliphatic heterocycles. The minimum atomic E-state index is 0.0254. The normalized spacial score (nSPS) is 26.9. The maximum Gasteiger partial charge on any atom is 0.160 e. The quantitative estimate of drug-likeness (QED) is 0.641. The summed E-state index contributed by atoms with van der Waals surface area (Å²) in [6.07, 6.45) is 5.40. The van der Waals surface area contributed by atoms with Crippen LogP contribution in [0.15, 0.2) is 53.7 Å². The topological polar surface area (TPSA) is 31.7 Å². The number of thioether (sulfide) groups is 1. The second-order valence-electron chi connectivity index (χ2n) is 9.15. The molecule has 0 spiro atoms. The monoisotopic (exact) mass is 418 g/mol. The van der Waals surface area contributed by atoms with Crippen LogP contribution in [0.1, 0.15) is 63.0 Å². The Balaban J connectivity index is 1.62. The van der Waals surface area contributed by atoms with Gasteiger partial charge < -0.3 is 9.80 Å². The number of hydrogen-bond donors (Lipinski definition) is 0. The van der Waals surface area contributed by atoms with Gasteiger partial charge in [0.2, 0.25) is 0 Å². The third-order valence-electron chi connectivity index (χ3n) is 6.91. The molecule has 3 aliphatic rings. The molecule has 0 aliphatic carbocycles. The molecule has 5 heteroatoms. The summed E-state index contributed by atoms with van der Waals surface area (Å²) in [5.74, 6) is 1.13. The van der Waals surface area contributed by atoms with Crippen LogP contribution in [0.4, 0.5) is 5.69 Å². The number of amidine groups is 1. The summed E-state index contributed by atoms with van der Waals surface area (Å²) in [5.41, 5.74) is 6.42. The molecule has 1 fully saturated rings. The summed E-state index contributed by atoms with van der Waals surface area (Å²) >= 11 is 1.90. The molecule has 0 radical (unpaired) electrons. The SMILES string of the molecule is CCC1CSC2=NC(c3ccccn3)C(c3ccc4c(c3)C(C)=CC(C)(C)N4C)N21. The zero-order chi connectivity index (χ0) is 21.0. The van der Waals surface area contributed by atoms with Crippen LogP contribution in [0.3, 0.4) is 0 Å². The minimum Gasteiger partial charge on any atom is -0.366 e. The van der Waals surface area contributed by atoms with Gasteiger partial charge in [-0.2, -0.15) is 0 Å². The number of anilines is 1. The van der Waals surface area contributed by atoms with E-state index < -0.39 is 0 Å². The molecular formula is C25H30N4S. The van der Waals surface area contributed by atoms with Crippen molar-refractivity contribution in [2.45, 2.75) is 57.8 Å². The first-order valence-electron chi connectivity index (χ1n) is 10.9. The van der Waals surface area contributed by atoms with Crippen molar-refractivity contribution < 1.29 is 0 Å². The third-order valence-corrected chi connectivity index (χ3v) is 8.04. The largest absolute Gasteiger partial charge is 0.366 e. The minimum absolute atomic E-state index is 0.0254. The number of likely N-dealkylation sites (N-methyl/N-ethyl adjacent to an activating group) is 1. The molecule has 1 aromatic carbocycles. The maximum absolute atomic E-state index is 5.16. The van der Waals surface area contributed by atoms with Gasteiger partial charge in [-0.3, -0.25) is 9.98 Å². The Morgan fingerprint density at radius 3 is 2.77 bits per heavy atom. The number of rotatable bonds is 3. The Kier molecular flexibility index (Phi) is 4.69. The first-order valence-corrected chi connectivity index (χ1v) is 11.9. The summed E-state index contributed by atoms with van der Waals surface area (Å²) in [4.78, 5) is 14.8. The second-order valence-corrected chi connectivity index (χ2v) is 10.1. The van der Waals surface area contributed by atoms with E-state index in [2.05, 4.69) is 85.9 Å². The highest BCUT2D eigenvalue weighted by atomic mass is 32.2. The van der Waals surface area contributed by atoms with E-state index in [0.717, 1.165) is 17.9 Å². The van der Waals surface area contributed by atoms with Gasteiger partial charge in [0.15, 0.2) is 5.17 Å². The lowest BCUT2D eigenvalue weighted by Crippen LogP contribution is -2.42. The average molecular weight is 419 g/mol. The van der Waals surface area contributed by atoms with Crippen LogP contribution >= 0.6 is 11.8 Å². The fourth-order valence-corrected chi connectivity index (χ4v) is 6.41. The molecule has 0 N–H and O–H groups in total. The Labute approximate surface area is 184 Å². The van der Waals surface area contributed by atoms with Crippen LogP contribution in [-0.2, 0) is 0 Å². The van der Waals surface area contributed by atoms with E-state index in [1.165, 1.54) is 27.6 Å². The predicted octanol–water partition coefficient (Wildman–Crippen LogP) is 5.69. The molecule has 4 nitrogen and oxygen atoms in total. The van der Waals surface area contributed by atoms with Crippen molar-refractivity contribution in [2.24, 2.45) is 4.99 Å². The lowest BCUT2D eigenvalue weighted by molar-refractivity contribution is 0.255. The molecule has 0 saturated carbocycles. The first kappa shape index (κ1) is 19.7. The van der Waals surface area contributed by atoms with Gasteiger partial charge in [0.25, 0.3) is 0 Å². The van der Waals surface area contributed by atoms with Crippen molar-refractivity contribution in [3.05, 3.63) is 65.5 Å². The number of hydrogen-bond acceptors (Lipinski definition) is 5. The van der Waals surface area contributed by atoms with E-state index in [1.54, 1.807) is 0 Å². The summed E-state index contributed by atoms with van der Waals surface area (Å²) in [6.45, 7) is 9.07. The van der Waals surface area contributed by atoms with Crippen molar-refractivity contribution in [2.75, 3.05) is 17.7 Å². The van der Waals surface area contributed by atoms with E-state index in [9.17, 15) is 0 Å². The molecule has 1 saturated heterocycles. The molecule has 3 unspecified atom stereocenters. The average Bonchev–Trinajstić information content (AvgIpc) is 3.31.